The topological polar surface area (TPSA) is 21.7 Å². The molecule has 0 unspecified atom stereocenters. The summed E-state index contributed by atoms with van der Waals surface area (Å²) in [7, 11) is 0. The number of hydrogen-bond donors (Lipinski definition) is 0. The third-order valence-electron chi connectivity index (χ3n) is 3.72. The smallest absolute Gasteiger partial charge is 0.265 e. The maximum atomic E-state index is 4.44. The molecular weight excluding hydrogens is 338 g/mol. The molecule has 2 aromatic carbocycles. The zero-order chi connectivity index (χ0) is 14.5. The molecule has 22 heavy (non-hydrogen) atoms. The first-order valence-electron chi connectivity index (χ1n) is 7.31. The molecule has 0 aliphatic carbocycles. The van der Waals surface area contributed by atoms with Gasteiger partial charge in [-0.15, -0.1) is 4.68 Å². The molecule has 3 nitrogen and oxygen atoms in total. The van der Waals surface area contributed by atoms with E-state index in [2.05, 4.69) is 77.5 Å². The fraction of sp³-hybridized carbons (Fsp3) is 0.222. The summed E-state index contributed by atoms with van der Waals surface area (Å²) in [4.78, 5) is 0. The molecule has 1 aromatic heterocycles. The van der Waals surface area contributed by atoms with Gasteiger partial charge >= 0.3 is 0 Å². The van der Waals surface area contributed by atoms with E-state index < -0.39 is 0 Å². The SMILES string of the molecule is Cc1ccccc1Cn1c[n+](CCc2ccccc2)cn1.[Br-]. The lowest BCUT2D eigenvalue weighted by Crippen LogP contribution is -3.00. The van der Waals surface area contributed by atoms with Gasteiger partial charge in [0.2, 0.25) is 6.33 Å². The van der Waals surface area contributed by atoms with Crippen molar-refractivity contribution < 1.29 is 21.5 Å². The molecular formula is C18H20BrN3. The van der Waals surface area contributed by atoms with Gasteiger partial charge in [0.15, 0.2) is 0 Å². The van der Waals surface area contributed by atoms with E-state index in [0.717, 1.165) is 19.5 Å². The van der Waals surface area contributed by atoms with Crippen molar-refractivity contribution in [1.82, 2.24) is 9.78 Å². The average molecular weight is 358 g/mol. The second kappa shape index (κ2) is 7.90. The van der Waals surface area contributed by atoms with Gasteiger partial charge in [-0.25, -0.2) is 4.57 Å². The van der Waals surface area contributed by atoms with Crippen molar-refractivity contribution in [2.45, 2.75) is 26.4 Å². The molecule has 0 bridgehead atoms. The number of aromatic nitrogens is 3. The number of nitrogens with zero attached hydrogens (tertiary/aromatic N) is 3. The van der Waals surface area contributed by atoms with Gasteiger partial charge in [0, 0.05) is 11.5 Å². The maximum absolute atomic E-state index is 4.44. The van der Waals surface area contributed by atoms with Crippen LogP contribution >= 0.6 is 0 Å². The Morgan fingerprint density at radius 3 is 2.50 bits per heavy atom. The minimum atomic E-state index is 0. The molecule has 1 heterocycles. The standard InChI is InChI=1S/C18H20N3.BrH/c1-16-7-5-6-10-18(16)13-21-15-20(14-19-21)12-11-17-8-3-2-4-9-17;/h2-10,14-15H,11-13H2,1H3;1H/q+1;/p-1. The van der Waals surface area contributed by atoms with Gasteiger partial charge in [0.1, 0.15) is 6.54 Å². The van der Waals surface area contributed by atoms with Crippen LogP contribution in [0.3, 0.4) is 0 Å². The van der Waals surface area contributed by atoms with E-state index in [1.54, 1.807) is 0 Å². The predicted octanol–water partition coefficient (Wildman–Crippen LogP) is -0.226. The van der Waals surface area contributed by atoms with E-state index in [9.17, 15) is 0 Å². The van der Waals surface area contributed by atoms with Crippen LogP contribution < -0.4 is 21.5 Å². The summed E-state index contributed by atoms with van der Waals surface area (Å²) in [5, 5.41) is 4.44. The van der Waals surface area contributed by atoms with E-state index in [0.29, 0.717) is 0 Å². The molecule has 0 aliphatic heterocycles. The molecule has 114 valence electrons. The number of aryl methyl sites for hydroxylation is 3. The summed E-state index contributed by atoms with van der Waals surface area (Å²) in [5.74, 6) is 0. The lowest BCUT2D eigenvalue weighted by molar-refractivity contribution is -0.697. The summed E-state index contributed by atoms with van der Waals surface area (Å²) < 4.78 is 4.14. The minimum Gasteiger partial charge on any atom is -1.00 e. The second-order valence-electron chi connectivity index (χ2n) is 5.34. The van der Waals surface area contributed by atoms with Gasteiger partial charge in [-0.3, -0.25) is 0 Å². The van der Waals surface area contributed by atoms with Gasteiger partial charge in [0.25, 0.3) is 6.33 Å². The third kappa shape index (κ3) is 4.28. The summed E-state index contributed by atoms with van der Waals surface area (Å²) in [5.41, 5.74) is 3.98. The lowest BCUT2D eigenvalue weighted by atomic mass is 10.1. The minimum absolute atomic E-state index is 0. The highest BCUT2D eigenvalue weighted by Gasteiger charge is 2.08. The Balaban J connectivity index is 0.00000176. The van der Waals surface area contributed by atoms with Crippen molar-refractivity contribution in [2.24, 2.45) is 0 Å². The van der Waals surface area contributed by atoms with Crippen LogP contribution in [0.15, 0.2) is 67.3 Å². The quantitative estimate of drug-likeness (QED) is 0.578. The monoisotopic (exact) mass is 357 g/mol. The summed E-state index contributed by atoms with van der Waals surface area (Å²) in [6.45, 7) is 3.92. The first-order valence-corrected chi connectivity index (χ1v) is 7.31. The summed E-state index contributed by atoms with van der Waals surface area (Å²) >= 11 is 0. The van der Waals surface area contributed by atoms with Crippen molar-refractivity contribution in [1.29, 1.82) is 0 Å². The van der Waals surface area contributed by atoms with Crippen LogP contribution in [0.2, 0.25) is 0 Å². The fourth-order valence-corrected chi connectivity index (χ4v) is 2.43. The van der Waals surface area contributed by atoms with Crippen LogP contribution in [-0.4, -0.2) is 9.78 Å². The molecule has 0 atom stereocenters. The van der Waals surface area contributed by atoms with Crippen molar-refractivity contribution >= 4 is 0 Å². The number of rotatable bonds is 5. The zero-order valence-electron chi connectivity index (χ0n) is 12.7. The fourth-order valence-electron chi connectivity index (χ4n) is 2.43. The molecule has 3 aromatic rings. The molecule has 3 rings (SSSR count). The first kappa shape index (κ1) is 16.4. The number of halogens is 1. The van der Waals surface area contributed by atoms with Crippen molar-refractivity contribution in [3.05, 3.63) is 83.9 Å². The Morgan fingerprint density at radius 2 is 1.73 bits per heavy atom. The Morgan fingerprint density at radius 1 is 1.00 bits per heavy atom. The number of hydrogen-bond acceptors (Lipinski definition) is 1. The number of benzene rings is 2. The highest BCUT2D eigenvalue weighted by molar-refractivity contribution is 5.25. The van der Waals surface area contributed by atoms with Crippen LogP contribution in [0.1, 0.15) is 16.7 Å². The molecule has 0 saturated heterocycles. The van der Waals surface area contributed by atoms with Gasteiger partial charge < -0.3 is 17.0 Å². The summed E-state index contributed by atoms with van der Waals surface area (Å²) in [6, 6.07) is 19.0. The van der Waals surface area contributed by atoms with Crippen LogP contribution in [-0.2, 0) is 19.5 Å². The van der Waals surface area contributed by atoms with E-state index in [4.69, 9.17) is 0 Å². The van der Waals surface area contributed by atoms with Crippen molar-refractivity contribution in [2.75, 3.05) is 0 Å². The predicted molar refractivity (Wildman–Crippen MR) is 82.8 cm³/mol. The van der Waals surface area contributed by atoms with E-state index >= 15 is 0 Å². The maximum Gasteiger partial charge on any atom is 0.265 e. The second-order valence-corrected chi connectivity index (χ2v) is 5.34. The van der Waals surface area contributed by atoms with Crippen molar-refractivity contribution in [3.8, 4) is 0 Å². The molecule has 0 saturated carbocycles. The van der Waals surface area contributed by atoms with Crippen LogP contribution in [0, 0.1) is 6.92 Å². The van der Waals surface area contributed by atoms with E-state index in [1.807, 2.05) is 11.0 Å². The third-order valence-corrected chi connectivity index (χ3v) is 3.72. The van der Waals surface area contributed by atoms with E-state index in [-0.39, 0.29) is 17.0 Å². The van der Waals surface area contributed by atoms with Gasteiger partial charge in [-0.2, -0.15) is 0 Å². The Bertz CT molecular complexity index is 707. The first-order chi connectivity index (χ1) is 10.3. The van der Waals surface area contributed by atoms with Crippen LogP contribution in [0.5, 0.6) is 0 Å². The zero-order valence-corrected chi connectivity index (χ0v) is 14.3. The lowest BCUT2D eigenvalue weighted by Gasteiger charge is -2.00. The molecule has 0 amide bonds. The van der Waals surface area contributed by atoms with Crippen molar-refractivity contribution in [3.63, 3.8) is 0 Å². The molecule has 0 radical (unpaired) electrons. The summed E-state index contributed by atoms with van der Waals surface area (Å²) in [6.07, 6.45) is 5.01. The largest absolute Gasteiger partial charge is 1.00 e. The van der Waals surface area contributed by atoms with Crippen LogP contribution in [0.4, 0.5) is 0 Å². The van der Waals surface area contributed by atoms with Gasteiger partial charge in [-0.1, -0.05) is 54.6 Å². The molecule has 4 heteroatoms. The van der Waals surface area contributed by atoms with Gasteiger partial charge in [-0.05, 0) is 23.6 Å². The van der Waals surface area contributed by atoms with Gasteiger partial charge in [0.05, 0.1) is 6.54 Å². The Labute approximate surface area is 142 Å². The molecule has 0 spiro atoms. The van der Waals surface area contributed by atoms with E-state index in [1.165, 1.54) is 16.7 Å². The molecule has 0 fully saturated rings. The Hall–Kier alpha value is -1.94. The molecule has 0 N–H and O–H groups in total. The Kier molecular flexibility index (Phi) is 5.90. The highest BCUT2D eigenvalue weighted by atomic mass is 79.9. The normalized spacial score (nSPS) is 10.2. The van der Waals surface area contributed by atoms with Crippen LogP contribution in [0.25, 0.3) is 0 Å². The molecule has 0 aliphatic rings. The highest BCUT2D eigenvalue weighted by Crippen LogP contribution is 2.07. The average Bonchev–Trinajstić information content (AvgIpc) is 2.96.